The third kappa shape index (κ3) is 5.17. The predicted octanol–water partition coefficient (Wildman–Crippen LogP) is 3.36. The van der Waals surface area contributed by atoms with Gasteiger partial charge in [-0.1, -0.05) is 74.5 Å². The van der Waals surface area contributed by atoms with Gasteiger partial charge >= 0.3 is 0 Å². The number of rotatable bonds is 8. The fraction of sp³-hybridized carbons (Fsp3) is 0.409. The average Bonchev–Trinajstić information content (AvgIpc) is 3.43. The Morgan fingerprint density at radius 2 is 1.56 bits per heavy atom. The fourth-order valence-corrected chi connectivity index (χ4v) is 3.30. The molecule has 0 saturated heterocycles. The Morgan fingerprint density at radius 3 is 2.08 bits per heavy atom. The summed E-state index contributed by atoms with van der Waals surface area (Å²) in [6.45, 7) is 4.48. The van der Waals surface area contributed by atoms with Crippen LogP contribution in [0.25, 0.3) is 0 Å². The van der Waals surface area contributed by atoms with Crippen LogP contribution in [0.5, 0.6) is 0 Å². The highest BCUT2D eigenvalue weighted by molar-refractivity contribution is 5.82. The Balaban J connectivity index is 1.84. The Morgan fingerprint density at radius 1 is 1.00 bits per heavy atom. The van der Waals surface area contributed by atoms with E-state index in [-0.39, 0.29) is 18.0 Å². The van der Waals surface area contributed by atoms with E-state index in [0.29, 0.717) is 12.0 Å². The van der Waals surface area contributed by atoms with Gasteiger partial charge in [-0.2, -0.15) is 0 Å². The molecule has 0 aliphatic heterocycles. The Kier molecular flexibility index (Phi) is 5.87. The number of hydrogen-bond acceptors (Lipinski definition) is 1. The van der Waals surface area contributed by atoms with Crippen LogP contribution in [0.2, 0.25) is 0 Å². The van der Waals surface area contributed by atoms with E-state index >= 15 is 0 Å². The Hall–Kier alpha value is -2.13. The maximum absolute atomic E-state index is 12.9. The minimum Gasteiger partial charge on any atom is -0.348 e. The van der Waals surface area contributed by atoms with E-state index in [9.17, 15) is 4.79 Å². The molecule has 0 unspecified atom stereocenters. The smallest absolute Gasteiger partial charge is 0.283 e. The Bertz CT molecular complexity index is 665. The zero-order valence-corrected chi connectivity index (χ0v) is 15.2. The van der Waals surface area contributed by atoms with Crippen LogP contribution in [0.4, 0.5) is 0 Å². The second kappa shape index (κ2) is 8.30. The quantitative estimate of drug-likeness (QED) is 0.762. The molecule has 25 heavy (non-hydrogen) atoms. The molecule has 132 valence electrons. The second-order valence-electron chi connectivity index (χ2n) is 7.51. The summed E-state index contributed by atoms with van der Waals surface area (Å²) in [5.41, 5.74) is 2.36. The van der Waals surface area contributed by atoms with Gasteiger partial charge in [-0.15, -0.1) is 0 Å². The maximum Gasteiger partial charge on any atom is 0.283 e. The van der Waals surface area contributed by atoms with Crippen LogP contribution in [0.1, 0.15) is 56.3 Å². The minimum absolute atomic E-state index is 0.137. The number of hydrogen-bond donors (Lipinski definition) is 2. The van der Waals surface area contributed by atoms with E-state index in [1.165, 1.54) is 5.56 Å². The van der Waals surface area contributed by atoms with Crippen LogP contribution >= 0.6 is 0 Å². The maximum atomic E-state index is 12.9. The number of nitrogens with one attached hydrogen (secondary N) is 1. The topological polar surface area (TPSA) is 45.7 Å². The third-order valence-electron chi connectivity index (χ3n) is 4.74. The number of carbonyl (C=O) groups is 1. The van der Waals surface area contributed by atoms with Gasteiger partial charge in [0.05, 0.1) is 0 Å². The third-order valence-corrected chi connectivity index (χ3v) is 4.74. The first-order valence-corrected chi connectivity index (χ1v) is 9.38. The summed E-state index contributed by atoms with van der Waals surface area (Å²) in [7, 11) is 0. The molecule has 1 aliphatic carbocycles. The minimum atomic E-state index is -0.203. The number of carbonyl (C=O) groups excluding carboxylic acids is 1. The van der Waals surface area contributed by atoms with Gasteiger partial charge in [0.15, 0.2) is 6.04 Å². The molecule has 1 fully saturated rings. The monoisotopic (exact) mass is 337 g/mol. The SMILES string of the molecule is CC(C)C[C@H]([NH2+][C@@H](C(=O)NC1CC1)c1ccccc1)c1ccccc1. The van der Waals surface area contributed by atoms with Crippen molar-refractivity contribution in [3.05, 3.63) is 71.8 Å². The number of amides is 1. The van der Waals surface area contributed by atoms with Crippen molar-refractivity contribution in [3.8, 4) is 0 Å². The lowest BCUT2D eigenvalue weighted by Crippen LogP contribution is -2.88. The van der Waals surface area contributed by atoms with Crippen LogP contribution < -0.4 is 10.6 Å². The molecular weight excluding hydrogens is 308 g/mol. The van der Waals surface area contributed by atoms with Crippen molar-refractivity contribution in [2.45, 2.75) is 51.2 Å². The summed E-state index contributed by atoms with van der Waals surface area (Å²) in [6, 6.07) is 21.2. The average molecular weight is 337 g/mol. The number of benzene rings is 2. The van der Waals surface area contributed by atoms with Crippen LogP contribution in [0.15, 0.2) is 60.7 Å². The molecule has 2 atom stereocenters. The highest BCUT2D eigenvalue weighted by Gasteiger charge is 2.33. The van der Waals surface area contributed by atoms with Crippen molar-refractivity contribution in [1.82, 2.24) is 5.32 Å². The summed E-state index contributed by atoms with van der Waals surface area (Å²) in [6.07, 6.45) is 3.27. The van der Waals surface area contributed by atoms with Gasteiger partial charge in [0, 0.05) is 23.6 Å². The van der Waals surface area contributed by atoms with E-state index in [4.69, 9.17) is 0 Å². The molecule has 2 aromatic rings. The van der Waals surface area contributed by atoms with Gasteiger partial charge in [-0.05, 0) is 18.8 Å². The number of quaternary nitrogens is 1. The molecule has 0 bridgehead atoms. The van der Waals surface area contributed by atoms with Crippen LogP contribution in [0.3, 0.4) is 0 Å². The van der Waals surface area contributed by atoms with E-state index in [1.807, 2.05) is 24.3 Å². The Labute approximate surface area is 150 Å². The molecular formula is C22H29N2O+. The largest absolute Gasteiger partial charge is 0.348 e. The summed E-state index contributed by atoms with van der Waals surface area (Å²) in [4.78, 5) is 12.9. The first-order chi connectivity index (χ1) is 12.1. The van der Waals surface area contributed by atoms with E-state index < -0.39 is 0 Å². The molecule has 0 spiro atoms. The lowest BCUT2D eigenvalue weighted by Gasteiger charge is -2.24. The zero-order chi connectivity index (χ0) is 17.6. The summed E-state index contributed by atoms with van der Waals surface area (Å²) in [5, 5.41) is 5.44. The van der Waals surface area contributed by atoms with Crippen molar-refractivity contribution in [2.75, 3.05) is 0 Å². The van der Waals surface area contributed by atoms with Crippen molar-refractivity contribution >= 4 is 5.91 Å². The zero-order valence-electron chi connectivity index (χ0n) is 15.2. The summed E-state index contributed by atoms with van der Waals surface area (Å²) in [5.74, 6) is 0.711. The molecule has 0 radical (unpaired) electrons. The van der Waals surface area contributed by atoms with E-state index in [2.05, 4.69) is 60.9 Å². The molecule has 1 saturated carbocycles. The van der Waals surface area contributed by atoms with Crippen molar-refractivity contribution < 1.29 is 10.1 Å². The standard InChI is InChI=1S/C22H28N2O/c1-16(2)15-20(17-9-5-3-6-10-17)24-21(18-11-7-4-8-12-18)22(25)23-19-13-14-19/h3-12,16,19-21,24H,13-15H2,1-2H3,(H,23,25)/p+1/t20-,21+/m0/s1. The highest BCUT2D eigenvalue weighted by Crippen LogP contribution is 2.22. The summed E-state index contributed by atoms with van der Waals surface area (Å²) >= 11 is 0. The molecule has 1 aliphatic rings. The van der Waals surface area contributed by atoms with Gasteiger partial charge in [0.25, 0.3) is 5.91 Å². The first kappa shape index (κ1) is 17.7. The highest BCUT2D eigenvalue weighted by atomic mass is 16.2. The van der Waals surface area contributed by atoms with E-state index in [0.717, 1.165) is 24.8 Å². The molecule has 3 heteroatoms. The lowest BCUT2D eigenvalue weighted by atomic mass is 9.95. The van der Waals surface area contributed by atoms with Gasteiger partial charge in [-0.25, -0.2) is 0 Å². The normalized spacial score (nSPS) is 16.4. The van der Waals surface area contributed by atoms with Crippen LogP contribution in [0, 0.1) is 5.92 Å². The fourth-order valence-electron chi connectivity index (χ4n) is 3.30. The second-order valence-corrected chi connectivity index (χ2v) is 7.51. The van der Waals surface area contributed by atoms with Crippen LogP contribution in [-0.4, -0.2) is 11.9 Å². The first-order valence-electron chi connectivity index (χ1n) is 9.38. The molecule has 3 N–H and O–H groups in total. The van der Waals surface area contributed by atoms with Crippen molar-refractivity contribution in [1.29, 1.82) is 0 Å². The molecule has 3 nitrogen and oxygen atoms in total. The molecule has 0 heterocycles. The van der Waals surface area contributed by atoms with Gasteiger partial charge < -0.3 is 10.6 Å². The predicted molar refractivity (Wildman–Crippen MR) is 101 cm³/mol. The van der Waals surface area contributed by atoms with Crippen molar-refractivity contribution in [3.63, 3.8) is 0 Å². The number of nitrogens with two attached hydrogens (primary N) is 1. The van der Waals surface area contributed by atoms with Gasteiger partial charge in [-0.3, -0.25) is 4.79 Å². The van der Waals surface area contributed by atoms with Crippen molar-refractivity contribution in [2.24, 2.45) is 5.92 Å². The molecule has 0 aromatic heterocycles. The van der Waals surface area contributed by atoms with Gasteiger partial charge in [0.2, 0.25) is 0 Å². The molecule has 2 aromatic carbocycles. The lowest BCUT2D eigenvalue weighted by molar-refractivity contribution is -0.723. The molecule has 1 amide bonds. The molecule has 3 rings (SSSR count). The van der Waals surface area contributed by atoms with E-state index in [1.54, 1.807) is 0 Å². The van der Waals surface area contributed by atoms with Crippen LogP contribution in [-0.2, 0) is 4.79 Å². The summed E-state index contributed by atoms with van der Waals surface area (Å²) < 4.78 is 0. The van der Waals surface area contributed by atoms with Gasteiger partial charge in [0.1, 0.15) is 6.04 Å².